The predicted octanol–water partition coefficient (Wildman–Crippen LogP) is 1.54. The third kappa shape index (κ3) is 3.67. The van der Waals surface area contributed by atoms with E-state index in [1.165, 1.54) is 5.57 Å². The van der Waals surface area contributed by atoms with Crippen LogP contribution in [-0.4, -0.2) is 30.4 Å². The van der Waals surface area contributed by atoms with Gasteiger partial charge in [-0.3, -0.25) is 4.79 Å². The molecular weight excluding hydrogens is 188 g/mol. The Morgan fingerprint density at radius 3 is 2.93 bits per heavy atom. The Kier molecular flexibility index (Phi) is 4.82. The van der Waals surface area contributed by atoms with Crippen molar-refractivity contribution in [2.45, 2.75) is 33.1 Å². The summed E-state index contributed by atoms with van der Waals surface area (Å²) in [4.78, 5) is 13.9. The van der Waals surface area contributed by atoms with Crippen molar-refractivity contribution >= 4 is 5.91 Å². The normalized spacial score (nSPS) is 18.6. The quantitative estimate of drug-likeness (QED) is 0.715. The van der Waals surface area contributed by atoms with Gasteiger partial charge in [-0.15, -0.1) is 0 Å². The van der Waals surface area contributed by atoms with Gasteiger partial charge in [0.05, 0.1) is 0 Å². The Bertz CT molecular complexity index is 244. The molecule has 0 saturated heterocycles. The molecule has 0 saturated carbocycles. The van der Waals surface area contributed by atoms with E-state index >= 15 is 0 Å². The third-order valence-electron chi connectivity index (χ3n) is 3.06. The van der Waals surface area contributed by atoms with Crippen molar-refractivity contribution in [3.05, 3.63) is 11.6 Å². The minimum absolute atomic E-state index is 0.264. The SMILES string of the molecule is CCC(CN)CC(=O)N1CCC=C(C)C1. The average Bonchev–Trinajstić information content (AvgIpc) is 2.25. The molecule has 1 aliphatic rings. The summed E-state index contributed by atoms with van der Waals surface area (Å²) in [6.07, 6.45) is 4.81. The summed E-state index contributed by atoms with van der Waals surface area (Å²) < 4.78 is 0. The van der Waals surface area contributed by atoms with Gasteiger partial charge in [-0.2, -0.15) is 0 Å². The molecule has 0 spiro atoms. The van der Waals surface area contributed by atoms with E-state index in [9.17, 15) is 4.79 Å². The first kappa shape index (κ1) is 12.2. The van der Waals surface area contributed by atoms with E-state index in [-0.39, 0.29) is 5.91 Å². The van der Waals surface area contributed by atoms with Gasteiger partial charge in [0.15, 0.2) is 0 Å². The van der Waals surface area contributed by atoms with Gasteiger partial charge < -0.3 is 10.6 Å². The number of nitrogens with two attached hydrogens (primary N) is 1. The summed E-state index contributed by atoms with van der Waals surface area (Å²) in [5, 5.41) is 0. The molecule has 0 aromatic heterocycles. The van der Waals surface area contributed by atoms with Gasteiger partial charge in [0.25, 0.3) is 0 Å². The van der Waals surface area contributed by atoms with Crippen LogP contribution in [0.5, 0.6) is 0 Å². The molecular formula is C12H22N2O. The maximum atomic E-state index is 11.9. The van der Waals surface area contributed by atoms with Crippen molar-refractivity contribution in [1.29, 1.82) is 0 Å². The van der Waals surface area contributed by atoms with E-state index in [4.69, 9.17) is 5.73 Å². The highest BCUT2D eigenvalue weighted by Gasteiger charge is 2.18. The fraction of sp³-hybridized carbons (Fsp3) is 0.750. The Labute approximate surface area is 92.3 Å². The van der Waals surface area contributed by atoms with Gasteiger partial charge in [0, 0.05) is 19.5 Å². The molecule has 3 heteroatoms. The molecule has 86 valence electrons. The van der Waals surface area contributed by atoms with Crippen molar-refractivity contribution in [3.8, 4) is 0 Å². The summed E-state index contributed by atoms with van der Waals surface area (Å²) >= 11 is 0. The van der Waals surface area contributed by atoms with Crippen molar-refractivity contribution in [1.82, 2.24) is 4.90 Å². The van der Waals surface area contributed by atoms with Crippen LogP contribution in [0.25, 0.3) is 0 Å². The predicted molar refractivity (Wildman–Crippen MR) is 62.4 cm³/mol. The van der Waals surface area contributed by atoms with Gasteiger partial charge in [-0.05, 0) is 25.8 Å². The second-order valence-corrected chi connectivity index (χ2v) is 4.37. The maximum absolute atomic E-state index is 11.9. The second-order valence-electron chi connectivity index (χ2n) is 4.37. The second kappa shape index (κ2) is 5.91. The standard InChI is InChI=1S/C12H22N2O/c1-3-11(8-13)7-12(15)14-6-4-5-10(2)9-14/h5,11H,3-4,6-9,13H2,1-2H3. The van der Waals surface area contributed by atoms with E-state index in [0.717, 1.165) is 25.9 Å². The van der Waals surface area contributed by atoms with Crippen LogP contribution in [0.1, 0.15) is 33.1 Å². The summed E-state index contributed by atoms with van der Waals surface area (Å²) in [5.41, 5.74) is 6.91. The van der Waals surface area contributed by atoms with Gasteiger partial charge in [0.2, 0.25) is 5.91 Å². The lowest BCUT2D eigenvalue weighted by molar-refractivity contribution is -0.131. The molecule has 0 aliphatic carbocycles. The highest BCUT2D eigenvalue weighted by Crippen LogP contribution is 2.13. The molecule has 1 heterocycles. The Morgan fingerprint density at radius 1 is 1.67 bits per heavy atom. The Balaban J connectivity index is 2.43. The molecule has 1 rings (SSSR count). The zero-order valence-corrected chi connectivity index (χ0v) is 9.83. The van der Waals surface area contributed by atoms with Crippen molar-refractivity contribution < 1.29 is 4.79 Å². The monoisotopic (exact) mass is 210 g/mol. The molecule has 1 atom stereocenters. The molecule has 0 aromatic carbocycles. The number of carbonyl (C=O) groups excluding carboxylic acids is 1. The largest absolute Gasteiger partial charge is 0.338 e. The van der Waals surface area contributed by atoms with Crippen LogP contribution in [0.4, 0.5) is 0 Å². The number of rotatable bonds is 4. The molecule has 3 nitrogen and oxygen atoms in total. The lowest BCUT2D eigenvalue weighted by Crippen LogP contribution is -2.37. The van der Waals surface area contributed by atoms with Crippen LogP contribution in [-0.2, 0) is 4.79 Å². The van der Waals surface area contributed by atoms with Crippen LogP contribution in [0, 0.1) is 5.92 Å². The lowest BCUT2D eigenvalue weighted by atomic mass is 10.0. The highest BCUT2D eigenvalue weighted by atomic mass is 16.2. The molecule has 0 fully saturated rings. The Hall–Kier alpha value is -0.830. The van der Waals surface area contributed by atoms with E-state index in [0.29, 0.717) is 18.9 Å². The van der Waals surface area contributed by atoms with E-state index in [1.807, 2.05) is 4.90 Å². The van der Waals surface area contributed by atoms with Gasteiger partial charge >= 0.3 is 0 Å². The number of amides is 1. The number of hydrogen-bond acceptors (Lipinski definition) is 2. The van der Waals surface area contributed by atoms with Gasteiger partial charge in [0.1, 0.15) is 0 Å². The first-order chi connectivity index (χ1) is 7.17. The van der Waals surface area contributed by atoms with E-state index < -0.39 is 0 Å². The number of carbonyl (C=O) groups is 1. The fourth-order valence-corrected chi connectivity index (χ4v) is 1.89. The lowest BCUT2D eigenvalue weighted by Gasteiger charge is -2.27. The minimum Gasteiger partial charge on any atom is -0.338 e. The van der Waals surface area contributed by atoms with Crippen LogP contribution in [0.3, 0.4) is 0 Å². The molecule has 2 N–H and O–H groups in total. The fourth-order valence-electron chi connectivity index (χ4n) is 1.89. The molecule has 0 bridgehead atoms. The smallest absolute Gasteiger partial charge is 0.223 e. The zero-order chi connectivity index (χ0) is 11.3. The molecule has 1 aliphatic heterocycles. The summed E-state index contributed by atoms with van der Waals surface area (Å²) in [6.45, 7) is 6.47. The van der Waals surface area contributed by atoms with E-state index in [2.05, 4.69) is 19.9 Å². The van der Waals surface area contributed by atoms with Crippen molar-refractivity contribution in [2.75, 3.05) is 19.6 Å². The topological polar surface area (TPSA) is 46.3 Å². The summed E-state index contributed by atoms with van der Waals surface area (Å²) in [7, 11) is 0. The number of nitrogens with zero attached hydrogens (tertiary/aromatic N) is 1. The van der Waals surface area contributed by atoms with E-state index in [1.54, 1.807) is 0 Å². The first-order valence-electron chi connectivity index (χ1n) is 5.80. The van der Waals surface area contributed by atoms with Crippen molar-refractivity contribution in [3.63, 3.8) is 0 Å². The molecule has 0 aromatic rings. The number of hydrogen-bond donors (Lipinski definition) is 1. The van der Waals surface area contributed by atoms with Gasteiger partial charge in [-0.1, -0.05) is 25.0 Å². The molecule has 0 radical (unpaired) electrons. The van der Waals surface area contributed by atoms with Gasteiger partial charge in [-0.25, -0.2) is 0 Å². The average molecular weight is 210 g/mol. The molecule has 1 amide bonds. The first-order valence-corrected chi connectivity index (χ1v) is 5.80. The summed E-state index contributed by atoms with van der Waals surface area (Å²) in [6, 6.07) is 0. The van der Waals surface area contributed by atoms with Crippen LogP contribution in [0.15, 0.2) is 11.6 Å². The van der Waals surface area contributed by atoms with Crippen molar-refractivity contribution in [2.24, 2.45) is 11.7 Å². The highest BCUT2D eigenvalue weighted by molar-refractivity contribution is 5.77. The van der Waals surface area contributed by atoms with Crippen LogP contribution in [0.2, 0.25) is 0 Å². The van der Waals surface area contributed by atoms with Crippen LogP contribution >= 0.6 is 0 Å². The zero-order valence-electron chi connectivity index (χ0n) is 9.83. The maximum Gasteiger partial charge on any atom is 0.223 e. The Morgan fingerprint density at radius 2 is 2.40 bits per heavy atom. The summed E-state index contributed by atoms with van der Waals surface area (Å²) in [5.74, 6) is 0.614. The van der Waals surface area contributed by atoms with Crippen LogP contribution < -0.4 is 5.73 Å². The molecule has 1 unspecified atom stereocenters. The third-order valence-corrected chi connectivity index (χ3v) is 3.06. The molecule has 15 heavy (non-hydrogen) atoms. The minimum atomic E-state index is 0.264.